The molecule has 2 heteroatoms. The molecule has 1 unspecified atom stereocenters. The van der Waals surface area contributed by atoms with E-state index in [-0.39, 0.29) is 6.04 Å². The van der Waals surface area contributed by atoms with Crippen molar-refractivity contribution in [3.05, 3.63) is 24.2 Å². The summed E-state index contributed by atoms with van der Waals surface area (Å²) in [5, 5.41) is 0. The average molecular weight is 153 g/mol. The monoisotopic (exact) mass is 153 g/mol. The van der Waals surface area contributed by atoms with Crippen LogP contribution in [0.15, 0.2) is 23.0 Å². The van der Waals surface area contributed by atoms with Gasteiger partial charge in [0.1, 0.15) is 0 Å². The lowest BCUT2D eigenvalue weighted by atomic mass is 10.0. The second-order valence-corrected chi connectivity index (χ2v) is 3.29. The lowest BCUT2D eigenvalue weighted by Gasteiger charge is -2.11. The lowest BCUT2D eigenvalue weighted by molar-refractivity contribution is 0.500. The molecule has 0 spiro atoms. The normalized spacial score (nSPS) is 13.8. The summed E-state index contributed by atoms with van der Waals surface area (Å²) in [7, 11) is 0. The van der Waals surface area contributed by atoms with E-state index < -0.39 is 0 Å². The second kappa shape index (κ2) is 3.58. The molecule has 1 heterocycles. The minimum Gasteiger partial charge on any atom is -0.472 e. The van der Waals surface area contributed by atoms with Crippen molar-refractivity contribution >= 4 is 0 Å². The van der Waals surface area contributed by atoms with E-state index in [9.17, 15) is 0 Å². The standard InChI is InChI=1S/C9H15NO/c1-7(2)5-9(10)8-3-4-11-6-8/h3-4,6-7,9H,5,10H2,1-2H3. The maximum absolute atomic E-state index is 5.88. The van der Waals surface area contributed by atoms with Crippen LogP contribution >= 0.6 is 0 Å². The highest BCUT2D eigenvalue weighted by Gasteiger charge is 2.08. The van der Waals surface area contributed by atoms with Crippen LogP contribution < -0.4 is 5.73 Å². The van der Waals surface area contributed by atoms with E-state index in [4.69, 9.17) is 10.2 Å². The highest BCUT2D eigenvalue weighted by atomic mass is 16.3. The van der Waals surface area contributed by atoms with E-state index in [2.05, 4.69) is 13.8 Å². The molecular formula is C9H15NO. The Hall–Kier alpha value is -0.760. The number of hydrogen-bond acceptors (Lipinski definition) is 2. The van der Waals surface area contributed by atoms with Crippen LogP contribution in [0, 0.1) is 5.92 Å². The topological polar surface area (TPSA) is 39.2 Å². The highest BCUT2D eigenvalue weighted by molar-refractivity contribution is 5.10. The van der Waals surface area contributed by atoms with Crippen LogP contribution in [0.25, 0.3) is 0 Å². The van der Waals surface area contributed by atoms with Gasteiger partial charge in [0.05, 0.1) is 12.5 Å². The van der Waals surface area contributed by atoms with Gasteiger partial charge in [0, 0.05) is 11.6 Å². The Kier molecular flexibility index (Phi) is 2.71. The first-order valence-corrected chi connectivity index (χ1v) is 3.98. The van der Waals surface area contributed by atoms with Gasteiger partial charge in [0.2, 0.25) is 0 Å². The van der Waals surface area contributed by atoms with E-state index >= 15 is 0 Å². The van der Waals surface area contributed by atoms with Gasteiger partial charge in [-0.2, -0.15) is 0 Å². The van der Waals surface area contributed by atoms with Gasteiger partial charge in [0.25, 0.3) is 0 Å². The third-order valence-corrected chi connectivity index (χ3v) is 1.70. The zero-order valence-corrected chi connectivity index (χ0v) is 7.08. The van der Waals surface area contributed by atoms with E-state index in [0.717, 1.165) is 12.0 Å². The fraction of sp³-hybridized carbons (Fsp3) is 0.556. The zero-order chi connectivity index (χ0) is 8.27. The predicted molar refractivity (Wildman–Crippen MR) is 45.1 cm³/mol. The van der Waals surface area contributed by atoms with Crippen LogP contribution in [0.4, 0.5) is 0 Å². The molecule has 0 fully saturated rings. The molecule has 1 rings (SSSR count). The molecule has 0 aliphatic heterocycles. The van der Waals surface area contributed by atoms with E-state index in [0.29, 0.717) is 5.92 Å². The fourth-order valence-electron chi connectivity index (χ4n) is 1.13. The molecule has 0 aliphatic rings. The van der Waals surface area contributed by atoms with E-state index in [1.165, 1.54) is 0 Å². The van der Waals surface area contributed by atoms with E-state index in [1.54, 1.807) is 12.5 Å². The quantitative estimate of drug-likeness (QED) is 0.723. The molecule has 2 nitrogen and oxygen atoms in total. The number of nitrogens with two attached hydrogens (primary N) is 1. The Morgan fingerprint density at radius 3 is 2.73 bits per heavy atom. The minimum atomic E-state index is 0.133. The second-order valence-electron chi connectivity index (χ2n) is 3.29. The summed E-state index contributed by atoms with van der Waals surface area (Å²) in [6, 6.07) is 2.06. The van der Waals surface area contributed by atoms with Crippen molar-refractivity contribution in [3.63, 3.8) is 0 Å². The molecule has 2 N–H and O–H groups in total. The molecule has 0 radical (unpaired) electrons. The van der Waals surface area contributed by atoms with Gasteiger partial charge in [-0.3, -0.25) is 0 Å². The number of furan rings is 1. The molecule has 1 atom stereocenters. The molecule has 0 amide bonds. The van der Waals surface area contributed by atoms with Crippen LogP contribution in [-0.2, 0) is 0 Å². The first kappa shape index (κ1) is 8.34. The predicted octanol–water partition coefficient (Wildman–Crippen LogP) is 2.33. The Morgan fingerprint density at radius 1 is 1.55 bits per heavy atom. The van der Waals surface area contributed by atoms with Crippen LogP contribution in [0.5, 0.6) is 0 Å². The van der Waals surface area contributed by atoms with Crippen LogP contribution in [-0.4, -0.2) is 0 Å². The third-order valence-electron chi connectivity index (χ3n) is 1.70. The van der Waals surface area contributed by atoms with Gasteiger partial charge in [0.15, 0.2) is 0 Å². The Labute approximate surface area is 67.4 Å². The zero-order valence-electron chi connectivity index (χ0n) is 7.08. The Bertz CT molecular complexity index is 191. The molecule has 1 aromatic rings. The fourth-order valence-corrected chi connectivity index (χ4v) is 1.13. The van der Waals surface area contributed by atoms with Crippen LogP contribution in [0.1, 0.15) is 31.9 Å². The van der Waals surface area contributed by atoms with Crippen LogP contribution in [0.2, 0.25) is 0 Å². The average Bonchev–Trinajstić information content (AvgIpc) is 2.35. The Morgan fingerprint density at radius 2 is 2.27 bits per heavy atom. The summed E-state index contributed by atoms with van der Waals surface area (Å²) in [6.45, 7) is 4.33. The first-order valence-electron chi connectivity index (χ1n) is 3.98. The Balaban J connectivity index is 2.49. The summed E-state index contributed by atoms with van der Waals surface area (Å²) in [4.78, 5) is 0. The van der Waals surface area contributed by atoms with Crippen molar-refractivity contribution in [2.45, 2.75) is 26.3 Å². The smallest absolute Gasteiger partial charge is 0.0950 e. The first-order chi connectivity index (χ1) is 5.20. The van der Waals surface area contributed by atoms with Crippen molar-refractivity contribution in [1.29, 1.82) is 0 Å². The molecule has 0 saturated heterocycles. The van der Waals surface area contributed by atoms with Crippen molar-refractivity contribution < 1.29 is 4.42 Å². The third kappa shape index (κ3) is 2.39. The van der Waals surface area contributed by atoms with Gasteiger partial charge in [-0.15, -0.1) is 0 Å². The SMILES string of the molecule is CC(C)CC(N)c1ccoc1. The number of rotatable bonds is 3. The van der Waals surface area contributed by atoms with Gasteiger partial charge in [-0.1, -0.05) is 13.8 Å². The molecule has 0 saturated carbocycles. The largest absolute Gasteiger partial charge is 0.472 e. The van der Waals surface area contributed by atoms with Crippen molar-refractivity contribution in [2.75, 3.05) is 0 Å². The molecule has 62 valence electrons. The minimum absolute atomic E-state index is 0.133. The van der Waals surface area contributed by atoms with Gasteiger partial charge in [-0.05, 0) is 18.4 Å². The van der Waals surface area contributed by atoms with Crippen molar-refractivity contribution in [2.24, 2.45) is 11.7 Å². The van der Waals surface area contributed by atoms with E-state index in [1.807, 2.05) is 6.07 Å². The van der Waals surface area contributed by atoms with Crippen LogP contribution in [0.3, 0.4) is 0 Å². The van der Waals surface area contributed by atoms with Gasteiger partial charge in [-0.25, -0.2) is 0 Å². The maximum atomic E-state index is 5.88. The summed E-state index contributed by atoms with van der Waals surface area (Å²) >= 11 is 0. The summed E-state index contributed by atoms with van der Waals surface area (Å²) in [5.41, 5.74) is 6.98. The summed E-state index contributed by atoms with van der Waals surface area (Å²) in [5.74, 6) is 0.639. The molecule has 11 heavy (non-hydrogen) atoms. The van der Waals surface area contributed by atoms with Gasteiger partial charge >= 0.3 is 0 Å². The van der Waals surface area contributed by atoms with Crippen molar-refractivity contribution in [1.82, 2.24) is 0 Å². The molecule has 0 aromatic carbocycles. The lowest BCUT2D eigenvalue weighted by Crippen LogP contribution is -2.11. The molecule has 0 bridgehead atoms. The van der Waals surface area contributed by atoms with Gasteiger partial charge < -0.3 is 10.2 Å². The van der Waals surface area contributed by atoms with Crippen molar-refractivity contribution in [3.8, 4) is 0 Å². The highest BCUT2D eigenvalue weighted by Crippen LogP contribution is 2.18. The number of hydrogen-bond donors (Lipinski definition) is 1. The summed E-state index contributed by atoms with van der Waals surface area (Å²) in [6.07, 6.45) is 4.39. The summed E-state index contributed by atoms with van der Waals surface area (Å²) < 4.78 is 4.94. The maximum Gasteiger partial charge on any atom is 0.0950 e. The molecule has 0 aliphatic carbocycles. The molecule has 1 aromatic heterocycles. The molecular weight excluding hydrogens is 138 g/mol.